The van der Waals surface area contributed by atoms with Crippen LogP contribution in [0, 0.1) is 5.92 Å². The molecule has 2 saturated heterocycles. The highest BCUT2D eigenvalue weighted by Crippen LogP contribution is 2.33. The van der Waals surface area contributed by atoms with Gasteiger partial charge in [0, 0.05) is 34.9 Å². The molecule has 0 spiro atoms. The molecule has 2 aliphatic rings. The van der Waals surface area contributed by atoms with Gasteiger partial charge in [-0.2, -0.15) is 0 Å². The van der Waals surface area contributed by atoms with E-state index in [0.717, 1.165) is 16.0 Å². The summed E-state index contributed by atoms with van der Waals surface area (Å²) in [6.45, 7) is 10.6. The zero-order valence-corrected chi connectivity index (χ0v) is 25.6. The highest BCUT2D eigenvalue weighted by molar-refractivity contribution is 7.13. The van der Waals surface area contributed by atoms with E-state index in [-0.39, 0.29) is 41.4 Å². The average Bonchev–Trinajstić information content (AvgIpc) is 3.71. The minimum Gasteiger partial charge on any atom is -0.340 e. The maximum Gasteiger partial charge on any atom is 0.256 e. The second kappa shape index (κ2) is 11.8. The summed E-state index contributed by atoms with van der Waals surface area (Å²) in [5.74, 6) is -0.880. The van der Waals surface area contributed by atoms with Gasteiger partial charge in [0.05, 0.1) is 18.2 Å². The van der Waals surface area contributed by atoms with Crippen LogP contribution in [0.5, 0.6) is 0 Å². The smallest absolute Gasteiger partial charge is 0.256 e. The summed E-state index contributed by atoms with van der Waals surface area (Å²) in [4.78, 5) is 62.4. The molecule has 1 aromatic carbocycles. The molecule has 0 radical (unpaired) electrons. The Labute approximate surface area is 251 Å². The molecule has 0 aliphatic carbocycles. The number of likely N-dealkylation sites (tertiary alicyclic amines) is 2. The maximum atomic E-state index is 13.9. The fourth-order valence-electron chi connectivity index (χ4n) is 5.90. The predicted molar refractivity (Wildman–Crippen MR) is 163 cm³/mol. The number of nitrogens with zero attached hydrogens (tertiary/aromatic N) is 3. The third-order valence-electron chi connectivity index (χ3n) is 8.08. The third kappa shape index (κ3) is 6.02. The van der Waals surface area contributed by atoms with Crippen LogP contribution in [0.25, 0.3) is 10.4 Å². The molecular weight excluding hydrogens is 548 g/mol. The fourth-order valence-corrected chi connectivity index (χ4v) is 6.60. The van der Waals surface area contributed by atoms with Crippen molar-refractivity contribution in [3.8, 4) is 10.4 Å². The van der Waals surface area contributed by atoms with Crippen LogP contribution in [0.15, 0.2) is 60.2 Å². The molecule has 0 bridgehead atoms. The van der Waals surface area contributed by atoms with Gasteiger partial charge in [-0.1, -0.05) is 52.8 Å². The van der Waals surface area contributed by atoms with E-state index in [2.05, 4.69) is 31.1 Å². The van der Waals surface area contributed by atoms with E-state index in [1.165, 1.54) is 6.20 Å². The molecule has 220 valence electrons. The lowest BCUT2D eigenvalue weighted by Crippen LogP contribution is -2.53. The number of aromatic nitrogens is 1. The number of pyridine rings is 1. The Morgan fingerprint density at radius 2 is 1.79 bits per heavy atom. The molecule has 42 heavy (non-hydrogen) atoms. The van der Waals surface area contributed by atoms with E-state index in [4.69, 9.17) is 0 Å². The number of carbonyl (C=O) groups is 4. The lowest BCUT2D eigenvalue weighted by molar-refractivity contribution is -0.138. The van der Waals surface area contributed by atoms with Gasteiger partial charge in [-0.25, -0.2) is 0 Å². The Hall–Kier alpha value is -3.85. The van der Waals surface area contributed by atoms with Crippen molar-refractivity contribution in [1.29, 1.82) is 0 Å². The summed E-state index contributed by atoms with van der Waals surface area (Å²) >= 11 is 1.57. The number of hydrogen-bond donors (Lipinski definition) is 1. The Morgan fingerprint density at radius 1 is 1.05 bits per heavy atom. The first-order valence-corrected chi connectivity index (χ1v) is 15.4. The number of carbonyl (C=O) groups excluding carboxylic acids is 4. The topological polar surface area (TPSA) is 99.7 Å². The summed E-state index contributed by atoms with van der Waals surface area (Å²) in [7, 11) is 0. The second-order valence-electron chi connectivity index (χ2n) is 12.7. The van der Waals surface area contributed by atoms with Crippen molar-refractivity contribution in [1.82, 2.24) is 20.1 Å². The van der Waals surface area contributed by atoms with Crippen molar-refractivity contribution in [2.45, 2.75) is 71.0 Å². The lowest BCUT2D eigenvalue weighted by Gasteiger charge is -2.29. The normalized spacial score (nSPS) is 19.2. The van der Waals surface area contributed by atoms with E-state index in [1.54, 1.807) is 45.5 Å². The first kappa shape index (κ1) is 29.6. The van der Waals surface area contributed by atoms with Gasteiger partial charge in [0.2, 0.25) is 5.91 Å². The minimum absolute atomic E-state index is 0.0378. The quantitative estimate of drug-likeness (QED) is 0.423. The number of nitrogens with one attached hydrogen (secondary N) is 1. The van der Waals surface area contributed by atoms with Crippen LogP contribution < -0.4 is 5.32 Å². The molecule has 2 fully saturated rings. The SMILES string of the molecule is CC(C)CC(NC(=O)c1ccc(C(C)(C)C)cc1)C(=O)N1CCC2C1C(=O)CN2C(=O)c1cncc(-c2cccs2)c1. The molecule has 0 saturated carbocycles. The van der Waals surface area contributed by atoms with E-state index in [0.29, 0.717) is 30.5 Å². The van der Waals surface area contributed by atoms with Crippen LogP contribution in [0.1, 0.15) is 73.7 Å². The number of Topliss-reactive ketones (excluding diaryl/α,β-unsaturated/α-hetero) is 1. The summed E-state index contributed by atoms with van der Waals surface area (Å²) in [5.41, 5.74) is 2.83. The Morgan fingerprint density at radius 3 is 2.43 bits per heavy atom. The van der Waals surface area contributed by atoms with Gasteiger partial charge in [-0.05, 0) is 59.4 Å². The molecule has 3 atom stereocenters. The van der Waals surface area contributed by atoms with E-state index < -0.39 is 18.1 Å². The molecule has 8 nitrogen and oxygen atoms in total. The standard InChI is InChI=1S/C33H38N4O4S/c1-20(2)15-25(35-30(39)21-8-10-24(11-9-21)33(3,4)5)32(41)36-13-12-26-29(36)27(38)19-37(26)31(40)23-16-22(17-34-18-23)28-7-6-14-42-28/h6-11,14,16-18,20,25-26,29H,12-13,15,19H2,1-5H3,(H,35,39). The molecule has 3 unspecified atom stereocenters. The van der Waals surface area contributed by atoms with Crippen LogP contribution >= 0.6 is 11.3 Å². The molecule has 3 aromatic rings. The lowest BCUT2D eigenvalue weighted by atomic mass is 9.86. The number of amides is 3. The number of thiophene rings is 1. The minimum atomic E-state index is -0.775. The number of hydrogen-bond acceptors (Lipinski definition) is 6. The van der Waals surface area contributed by atoms with E-state index >= 15 is 0 Å². The van der Waals surface area contributed by atoms with Crippen LogP contribution in [0.2, 0.25) is 0 Å². The fraction of sp³-hybridized carbons (Fsp3) is 0.424. The van der Waals surface area contributed by atoms with Crippen LogP contribution in [-0.4, -0.2) is 69.5 Å². The molecule has 5 rings (SSSR count). The van der Waals surface area contributed by atoms with Gasteiger partial charge >= 0.3 is 0 Å². The molecule has 9 heteroatoms. The van der Waals surface area contributed by atoms with Crippen molar-refractivity contribution < 1.29 is 19.2 Å². The average molecular weight is 587 g/mol. The van der Waals surface area contributed by atoms with Crippen molar-refractivity contribution in [2.75, 3.05) is 13.1 Å². The number of rotatable bonds is 7. The molecule has 1 N–H and O–H groups in total. The summed E-state index contributed by atoms with van der Waals surface area (Å²) in [5, 5.41) is 4.91. The van der Waals surface area contributed by atoms with Gasteiger partial charge in [-0.3, -0.25) is 24.2 Å². The van der Waals surface area contributed by atoms with Gasteiger partial charge in [0.1, 0.15) is 12.1 Å². The van der Waals surface area contributed by atoms with Gasteiger partial charge < -0.3 is 15.1 Å². The molecule has 4 heterocycles. The van der Waals surface area contributed by atoms with Crippen LogP contribution in [-0.2, 0) is 15.0 Å². The van der Waals surface area contributed by atoms with Crippen LogP contribution in [0.4, 0.5) is 0 Å². The van der Waals surface area contributed by atoms with Crippen molar-refractivity contribution in [3.05, 3.63) is 76.9 Å². The first-order valence-electron chi connectivity index (χ1n) is 14.5. The third-order valence-corrected chi connectivity index (χ3v) is 9.00. The highest BCUT2D eigenvalue weighted by Gasteiger charge is 2.52. The Balaban J connectivity index is 1.31. The number of benzene rings is 1. The van der Waals surface area contributed by atoms with Gasteiger partial charge in [-0.15, -0.1) is 11.3 Å². The largest absolute Gasteiger partial charge is 0.340 e. The monoisotopic (exact) mass is 586 g/mol. The van der Waals surface area contributed by atoms with E-state index in [1.807, 2.05) is 43.5 Å². The number of fused-ring (bicyclic) bond motifs is 1. The van der Waals surface area contributed by atoms with E-state index in [9.17, 15) is 19.2 Å². The molecular formula is C33H38N4O4S. The predicted octanol–water partition coefficient (Wildman–Crippen LogP) is 4.95. The molecule has 3 amide bonds. The molecule has 2 aromatic heterocycles. The summed E-state index contributed by atoms with van der Waals surface area (Å²) in [6, 6.07) is 11.3. The Bertz CT molecular complexity index is 1480. The zero-order chi connectivity index (χ0) is 30.2. The van der Waals surface area contributed by atoms with Crippen molar-refractivity contribution in [2.24, 2.45) is 5.92 Å². The molecule has 2 aliphatic heterocycles. The first-order chi connectivity index (χ1) is 19.9. The van der Waals surface area contributed by atoms with Gasteiger partial charge in [0.15, 0.2) is 5.78 Å². The second-order valence-corrected chi connectivity index (χ2v) is 13.6. The van der Waals surface area contributed by atoms with Crippen LogP contribution in [0.3, 0.4) is 0 Å². The maximum absolute atomic E-state index is 13.9. The zero-order valence-electron chi connectivity index (χ0n) is 24.8. The Kier molecular flexibility index (Phi) is 8.32. The van der Waals surface area contributed by atoms with Gasteiger partial charge in [0.25, 0.3) is 11.8 Å². The summed E-state index contributed by atoms with van der Waals surface area (Å²) in [6.07, 6.45) is 4.19. The van der Waals surface area contributed by atoms with Crippen molar-refractivity contribution >= 4 is 34.8 Å². The summed E-state index contributed by atoms with van der Waals surface area (Å²) < 4.78 is 0. The van der Waals surface area contributed by atoms with Crippen molar-refractivity contribution in [3.63, 3.8) is 0 Å². The number of ketones is 1. The highest BCUT2D eigenvalue weighted by atomic mass is 32.1.